The number of nitrogens with zero attached hydrogens (tertiary/aromatic N) is 1. The van der Waals surface area contributed by atoms with Gasteiger partial charge in [0.05, 0.1) is 20.8 Å². The summed E-state index contributed by atoms with van der Waals surface area (Å²) in [6.45, 7) is 1.11. The van der Waals surface area contributed by atoms with Gasteiger partial charge in [0.25, 0.3) is 0 Å². The number of piperazine rings is 1. The molecule has 1 aromatic rings. The molecule has 0 saturated carbocycles. The minimum Gasteiger partial charge on any atom is -0.497 e. The number of nitrogens with one attached hydrogen (secondary N) is 1. The molecule has 0 bridgehead atoms. The van der Waals surface area contributed by atoms with E-state index >= 15 is 0 Å². The van der Waals surface area contributed by atoms with Crippen LogP contribution < -0.4 is 14.8 Å². The fourth-order valence-electron chi connectivity index (χ4n) is 2.05. The third-order valence-corrected chi connectivity index (χ3v) is 3.20. The number of rotatable bonds is 4. The largest absolute Gasteiger partial charge is 0.497 e. The summed E-state index contributed by atoms with van der Waals surface area (Å²) >= 11 is 0. The Hall–Kier alpha value is -2.50. The van der Waals surface area contributed by atoms with Gasteiger partial charge in [-0.15, -0.1) is 0 Å². The van der Waals surface area contributed by atoms with Crippen molar-refractivity contribution in [2.75, 3.05) is 33.9 Å². The maximum Gasteiger partial charge on any atom is 0.247 e. The van der Waals surface area contributed by atoms with Crippen LogP contribution >= 0.6 is 0 Å². The van der Waals surface area contributed by atoms with Crippen LogP contribution in [0.2, 0.25) is 0 Å². The Morgan fingerprint density at radius 2 is 2.14 bits per heavy atom. The molecule has 6 nitrogen and oxygen atoms in total. The summed E-state index contributed by atoms with van der Waals surface area (Å²) < 4.78 is 10.4. The minimum atomic E-state index is -0.192. The molecule has 1 N–H and O–H groups in total. The topological polar surface area (TPSA) is 67.9 Å². The van der Waals surface area contributed by atoms with Gasteiger partial charge in [-0.25, -0.2) is 0 Å². The lowest BCUT2D eigenvalue weighted by atomic mass is 10.1. The number of methoxy groups -OCH3 is 2. The minimum absolute atomic E-state index is 0.100. The average Bonchev–Trinajstić information content (AvgIpc) is 2.52. The van der Waals surface area contributed by atoms with Crippen molar-refractivity contribution in [3.63, 3.8) is 0 Å². The molecule has 1 aliphatic rings. The van der Waals surface area contributed by atoms with Crippen LogP contribution in [0.5, 0.6) is 11.5 Å². The third kappa shape index (κ3) is 3.75. The molecule has 2 amide bonds. The fraction of sp³-hybridized carbons (Fsp3) is 0.333. The Labute approximate surface area is 123 Å². The van der Waals surface area contributed by atoms with Gasteiger partial charge < -0.3 is 19.7 Å². The van der Waals surface area contributed by atoms with Crippen molar-refractivity contribution in [1.29, 1.82) is 0 Å². The van der Waals surface area contributed by atoms with Crippen molar-refractivity contribution < 1.29 is 19.1 Å². The molecule has 0 atom stereocenters. The molecule has 112 valence electrons. The van der Waals surface area contributed by atoms with Crippen LogP contribution in [0.4, 0.5) is 0 Å². The first-order chi connectivity index (χ1) is 10.1. The number of hydrogen-bond acceptors (Lipinski definition) is 4. The van der Waals surface area contributed by atoms with E-state index in [-0.39, 0.29) is 18.4 Å². The Kier molecular flexibility index (Phi) is 4.81. The number of hydrogen-bond donors (Lipinski definition) is 1. The van der Waals surface area contributed by atoms with E-state index in [9.17, 15) is 9.59 Å². The van der Waals surface area contributed by atoms with Crippen molar-refractivity contribution in [2.24, 2.45) is 0 Å². The lowest BCUT2D eigenvalue weighted by Crippen LogP contribution is -2.49. The van der Waals surface area contributed by atoms with E-state index in [1.54, 1.807) is 32.4 Å². The molecule has 2 rings (SSSR count). The lowest BCUT2D eigenvalue weighted by molar-refractivity contribution is -0.134. The standard InChI is InChI=1S/C15H18N2O4/c1-20-12-5-3-11(13(9-12)21-2)4-6-15(19)17-8-7-16-14(18)10-17/h3-6,9H,7-8,10H2,1-2H3,(H,16,18)/b6-4+. The van der Waals surface area contributed by atoms with Gasteiger partial charge in [0.1, 0.15) is 11.5 Å². The van der Waals surface area contributed by atoms with Gasteiger partial charge >= 0.3 is 0 Å². The quantitative estimate of drug-likeness (QED) is 0.828. The van der Waals surface area contributed by atoms with Crippen molar-refractivity contribution in [3.8, 4) is 11.5 Å². The Morgan fingerprint density at radius 3 is 2.81 bits per heavy atom. The van der Waals surface area contributed by atoms with Gasteiger partial charge in [-0.1, -0.05) is 0 Å². The molecule has 0 radical (unpaired) electrons. The first kappa shape index (κ1) is 14.9. The predicted octanol–water partition coefficient (Wildman–Crippen LogP) is 0.675. The maximum absolute atomic E-state index is 12.0. The highest BCUT2D eigenvalue weighted by molar-refractivity contribution is 5.95. The van der Waals surface area contributed by atoms with Gasteiger partial charge in [-0.2, -0.15) is 0 Å². The molecule has 0 spiro atoms. The van der Waals surface area contributed by atoms with Gasteiger partial charge in [-0.3, -0.25) is 9.59 Å². The van der Waals surface area contributed by atoms with Crippen LogP contribution in [0.1, 0.15) is 5.56 Å². The zero-order valence-corrected chi connectivity index (χ0v) is 12.1. The number of amides is 2. The van der Waals surface area contributed by atoms with Gasteiger partial charge in [-0.05, 0) is 18.2 Å². The van der Waals surface area contributed by atoms with Crippen molar-refractivity contribution in [3.05, 3.63) is 29.8 Å². The third-order valence-electron chi connectivity index (χ3n) is 3.20. The molecule has 0 aliphatic carbocycles. The predicted molar refractivity (Wildman–Crippen MR) is 78.2 cm³/mol. The van der Waals surface area contributed by atoms with Crippen LogP contribution in [0.3, 0.4) is 0 Å². The number of benzene rings is 1. The first-order valence-electron chi connectivity index (χ1n) is 6.59. The van der Waals surface area contributed by atoms with Crippen LogP contribution in [-0.4, -0.2) is 50.6 Å². The number of carbonyl (C=O) groups is 2. The zero-order chi connectivity index (χ0) is 15.2. The van der Waals surface area contributed by atoms with Crippen molar-refractivity contribution in [1.82, 2.24) is 10.2 Å². The lowest BCUT2D eigenvalue weighted by Gasteiger charge is -2.25. The zero-order valence-electron chi connectivity index (χ0n) is 12.1. The Bertz CT molecular complexity index is 569. The average molecular weight is 290 g/mol. The molecule has 1 heterocycles. The molecule has 1 aliphatic heterocycles. The highest BCUT2D eigenvalue weighted by Crippen LogP contribution is 2.25. The second kappa shape index (κ2) is 6.78. The van der Waals surface area contributed by atoms with E-state index in [2.05, 4.69) is 5.32 Å². The molecule has 1 saturated heterocycles. The van der Waals surface area contributed by atoms with Gasteiger partial charge in [0.15, 0.2) is 0 Å². The highest BCUT2D eigenvalue weighted by Gasteiger charge is 2.19. The molecular weight excluding hydrogens is 272 g/mol. The van der Waals surface area contributed by atoms with Crippen LogP contribution in [0, 0.1) is 0 Å². The molecule has 0 unspecified atom stereocenters. The molecule has 6 heteroatoms. The van der Waals surface area contributed by atoms with Crippen LogP contribution in [0.15, 0.2) is 24.3 Å². The van der Waals surface area contributed by atoms with Gasteiger partial charge in [0.2, 0.25) is 11.8 Å². The number of ether oxygens (including phenoxy) is 2. The molecule has 1 fully saturated rings. The van der Waals surface area contributed by atoms with E-state index < -0.39 is 0 Å². The fourth-order valence-corrected chi connectivity index (χ4v) is 2.05. The molecular formula is C15H18N2O4. The van der Waals surface area contributed by atoms with E-state index in [1.165, 1.54) is 11.0 Å². The summed E-state index contributed by atoms with van der Waals surface area (Å²) in [7, 11) is 3.14. The van der Waals surface area contributed by atoms with Crippen LogP contribution in [-0.2, 0) is 9.59 Å². The monoisotopic (exact) mass is 290 g/mol. The van der Waals surface area contributed by atoms with E-state index in [0.717, 1.165) is 5.56 Å². The van der Waals surface area contributed by atoms with Crippen LogP contribution in [0.25, 0.3) is 6.08 Å². The summed E-state index contributed by atoms with van der Waals surface area (Å²) in [6.07, 6.45) is 3.12. The SMILES string of the molecule is COc1ccc(/C=C/C(=O)N2CCNC(=O)C2)c(OC)c1. The Morgan fingerprint density at radius 1 is 1.33 bits per heavy atom. The second-order valence-electron chi connectivity index (χ2n) is 4.55. The Balaban J connectivity index is 2.09. The summed E-state index contributed by atoms with van der Waals surface area (Å²) in [5, 5.41) is 2.68. The smallest absolute Gasteiger partial charge is 0.247 e. The summed E-state index contributed by atoms with van der Waals surface area (Å²) in [4.78, 5) is 24.8. The van der Waals surface area contributed by atoms with Crippen molar-refractivity contribution in [2.45, 2.75) is 0 Å². The van der Waals surface area contributed by atoms with E-state index in [4.69, 9.17) is 9.47 Å². The molecule has 1 aromatic carbocycles. The summed E-state index contributed by atoms with van der Waals surface area (Å²) in [6, 6.07) is 5.35. The van der Waals surface area contributed by atoms with E-state index in [1.807, 2.05) is 6.07 Å². The second-order valence-corrected chi connectivity index (χ2v) is 4.55. The number of carbonyl (C=O) groups excluding carboxylic acids is 2. The van der Waals surface area contributed by atoms with Crippen molar-refractivity contribution >= 4 is 17.9 Å². The maximum atomic E-state index is 12.0. The summed E-state index contributed by atoms with van der Waals surface area (Å²) in [5.74, 6) is 0.977. The van der Waals surface area contributed by atoms with E-state index in [0.29, 0.717) is 24.6 Å². The molecule has 0 aromatic heterocycles. The normalized spacial score (nSPS) is 15.0. The first-order valence-corrected chi connectivity index (χ1v) is 6.59. The van der Waals surface area contributed by atoms with Gasteiger partial charge in [0, 0.05) is 30.8 Å². The summed E-state index contributed by atoms with van der Waals surface area (Å²) in [5.41, 5.74) is 0.771. The molecule has 21 heavy (non-hydrogen) atoms. The highest BCUT2D eigenvalue weighted by atomic mass is 16.5.